The van der Waals surface area contributed by atoms with Crippen LogP contribution in [0.3, 0.4) is 0 Å². The molecule has 23 heavy (non-hydrogen) atoms. The normalized spacial score (nSPS) is 17.9. The van der Waals surface area contributed by atoms with E-state index < -0.39 is 0 Å². The number of rotatable bonds is 6. The molecule has 124 valence electrons. The minimum absolute atomic E-state index is 0.353. The van der Waals surface area contributed by atoms with Crippen molar-refractivity contribution in [1.29, 1.82) is 0 Å². The number of anilines is 2. The Balaban J connectivity index is 1.59. The van der Waals surface area contributed by atoms with Gasteiger partial charge in [-0.15, -0.1) is 10.2 Å². The second-order valence-electron chi connectivity index (χ2n) is 5.50. The predicted octanol–water partition coefficient (Wildman–Crippen LogP) is 4.26. The lowest BCUT2D eigenvalue weighted by Crippen LogP contribution is -2.21. The van der Waals surface area contributed by atoms with Gasteiger partial charge in [0.25, 0.3) is 0 Å². The second kappa shape index (κ2) is 7.99. The molecule has 2 aromatic rings. The van der Waals surface area contributed by atoms with Crippen LogP contribution >= 0.6 is 23.1 Å². The lowest BCUT2D eigenvalue weighted by Gasteiger charge is -2.21. The molecular formula is C16H21N3O2S2. The lowest BCUT2D eigenvalue weighted by atomic mass is 10.1. The first-order valence-corrected chi connectivity index (χ1v) is 9.54. The molecule has 1 aliphatic heterocycles. The zero-order valence-electron chi connectivity index (χ0n) is 13.4. The van der Waals surface area contributed by atoms with Crippen molar-refractivity contribution in [2.24, 2.45) is 0 Å². The average molecular weight is 351 g/mol. The van der Waals surface area contributed by atoms with Crippen molar-refractivity contribution in [3.05, 3.63) is 23.8 Å². The number of ether oxygens (including phenoxy) is 2. The van der Waals surface area contributed by atoms with Crippen molar-refractivity contribution in [2.45, 2.75) is 36.6 Å². The van der Waals surface area contributed by atoms with Crippen LogP contribution < -0.4 is 10.1 Å². The van der Waals surface area contributed by atoms with Crippen LogP contribution in [0.1, 0.15) is 24.8 Å². The fourth-order valence-electron chi connectivity index (χ4n) is 2.46. The zero-order valence-corrected chi connectivity index (χ0v) is 15.0. The standard InChI is InChI=1S/C16H21N3O2S2/c1-11-6-7-14(20-2)13(9-11)17-15-18-19-16(23-15)22-10-12-5-3-4-8-21-12/h6-7,9,12H,3-5,8,10H2,1-2H3,(H,17,18)/t12-/m0/s1. The summed E-state index contributed by atoms with van der Waals surface area (Å²) in [6, 6.07) is 6.02. The molecule has 1 atom stereocenters. The number of thioether (sulfide) groups is 1. The first-order chi connectivity index (χ1) is 11.2. The van der Waals surface area contributed by atoms with Crippen LogP contribution in [0.4, 0.5) is 10.8 Å². The molecule has 0 radical (unpaired) electrons. The van der Waals surface area contributed by atoms with Crippen LogP contribution in [-0.4, -0.2) is 35.8 Å². The number of hydrogen-bond donors (Lipinski definition) is 1. The smallest absolute Gasteiger partial charge is 0.210 e. The molecule has 1 aromatic carbocycles. The van der Waals surface area contributed by atoms with Crippen molar-refractivity contribution >= 4 is 33.9 Å². The number of aromatic nitrogens is 2. The predicted molar refractivity (Wildman–Crippen MR) is 95.2 cm³/mol. The average Bonchev–Trinajstić information content (AvgIpc) is 3.02. The van der Waals surface area contributed by atoms with Crippen molar-refractivity contribution < 1.29 is 9.47 Å². The van der Waals surface area contributed by atoms with E-state index in [2.05, 4.69) is 22.4 Å². The molecular weight excluding hydrogens is 330 g/mol. The van der Waals surface area contributed by atoms with E-state index in [9.17, 15) is 0 Å². The zero-order chi connectivity index (χ0) is 16.1. The molecule has 0 amide bonds. The summed E-state index contributed by atoms with van der Waals surface area (Å²) in [7, 11) is 1.67. The Morgan fingerprint density at radius 3 is 3.09 bits per heavy atom. The fraction of sp³-hybridized carbons (Fsp3) is 0.500. The van der Waals surface area contributed by atoms with Gasteiger partial charge in [-0.05, 0) is 43.9 Å². The van der Waals surface area contributed by atoms with Gasteiger partial charge in [0.15, 0.2) is 4.34 Å². The Labute approximate surface area is 144 Å². The van der Waals surface area contributed by atoms with E-state index in [-0.39, 0.29) is 0 Å². The van der Waals surface area contributed by atoms with Gasteiger partial charge in [-0.25, -0.2) is 0 Å². The van der Waals surface area contributed by atoms with Crippen LogP contribution in [0.2, 0.25) is 0 Å². The fourth-order valence-corrected chi connectivity index (χ4v) is 4.31. The Bertz CT molecular complexity index is 642. The van der Waals surface area contributed by atoms with Gasteiger partial charge < -0.3 is 14.8 Å². The van der Waals surface area contributed by atoms with E-state index >= 15 is 0 Å². The van der Waals surface area contributed by atoms with Gasteiger partial charge in [0.2, 0.25) is 5.13 Å². The van der Waals surface area contributed by atoms with Crippen LogP contribution in [-0.2, 0) is 4.74 Å². The molecule has 0 spiro atoms. The monoisotopic (exact) mass is 351 g/mol. The van der Waals surface area contributed by atoms with Gasteiger partial charge in [-0.1, -0.05) is 29.2 Å². The van der Waals surface area contributed by atoms with E-state index in [1.54, 1.807) is 30.2 Å². The molecule has 1 saturated heterocycles. The topological polar surface area (TPSA) is 56.3 Å². The third kappa shape index (κ3) is 4.59. The summed E-state index contributed by atoms with van der Waals surface area (Å²) >= 11 is 3.28. The molecule has 1 aliphatic rings. The van der Waals surface area contributed by atoms with E-state index in [0.717, 1.165) is 39.7 Å². The van der Waals surface area contributed by atoms with Gasteiger partial charge >= 0.3 is 0 Å². The molecule has 7 heteroatoms. The van der Waals surface area contributed by atoms with Crippen LogP contribution in [0.5, 0.6) is 5.75 Å². The SMILES string of the molecule is COc1ccc(C)cc1Nc1nnc(SC[C@@H]2CCCCO2)s1. The Kier molecular flexibility index (Phi) is 5.75. The highest BCUT2D eigenvalue weighted by atomic mass is 32.2. The van der Waals surface area contributed by atoms with E-state index in [1.165, 1.54) is 18.4 Å². The highest BCUT2D eigenvalue weighted by Gasteiger charge is 2.15. The van der Waals surface area contributed by atoms with Crippen molar-refractivity contribution in [3.63, 3.8) is 0 Å². The maximum absolute atomic E-state index is 5.75. The molecule has 0 aliphatic carbocycles. The van der Waals surface area contributed by atoms with Crippen LogP contribution in [0, 0.1) is 6.92 Å². The third-order valence-electron chi connectivity index (χ3n) is 3.67. The first kappa shape index (κ1) is 16.5. The molecule has 1 N–H and O–H groups in total. The molecule has 0 saturated carbocycles. The molecule has 0 unspecified atom stereocenters. The summed E-state index contributed by atoms with van der Waals surface area (Å²) < 4.78 is 12.1. The third-order valence-corrected chi connectivity index (χ3v) is 5.77. The number of methoxy groups -OCH3 is 1. The largest absolute Gasteiger partial charge is 0.495 e. The molecule has 1 fully saturated rings. The van der Waals surface area contributed by atoms with Crippen LogP contribution in [0.15, 0.2) is 22.5 Å². The van der Waals surface area contributed by atoms with Gasteiger partial charge in [-0.3, -0.25) is 0 Å². The summed E-state index contributed by atoms with van der Waals surface area (Å²) in [6.07, 6.45) is 3.95. The Morgan fingerprint density at radius 2 is 2.30 bits per heavy atom. The van der Waals surface area contributed by atoms with E-state index in [4.69, 9.17) is 9.47 Å². The van der Waals surface area contributed by atoms with E-state index in [0.29, 0.717) is 6.10 Å². The number of nitrogens with one attached hydrogen (secondary N) is 1. The molecule has 2 heterocycles. The van der Waals surface area contributed by atoms with Crippen molar-refractivity contribution in [3.8, 4) is 5.75 Å². The number of aryl methyl sites for hydroxylation is 1. The first-order valence-electron chi connectivity index (χ1n) is 7.74. The second-order valence-corrected chi connectivity index (χ2v) is 7.75. The summed E-state index contributed by atoms with van der Waals surface area (Å²) in [6.45, 7) is 2.94. The lowest BCUT2D eigenvalue weighted by molar-refractivity contribution is 0.0315. The summed E-state index contributed by atoms with van der Waals surface area (Å²) in [5.74, 6) is 1.75. The molecule has 3 rings (SSSR count). The summed E-state index contributed by atoms with van der Waals surface area (Å²) in [5.41, 5.74) is 2.08. The molecule has 0 bridgehead atoms. The quantitative estimate of drug-likeness (QED) is 0.785. The Morgan fingerprint density at radius 1 is 1.39 bits per heavy atom. The maximum atomic E-state index is 5.75. The van der Waals surface area contributed by atoms with Gasteiger partial charge in [0, 0.05) is 12.4 Å². The number of nitrogens with zero attached hydrogens (tertiary/aromatic N) is 2. The van der Waals surface area contributed by atoms with Crippen molar-refractivity contribution in [2.75, 3.05) is 24.8 Å². The van der Waals surface area contributed by atoms with Gasteiger partial charge in [0.1, 0.15) is 5.75 Å². The van der Waals surface area contributed by atoms with Crippen LogP contribution in [0.25, 0.3) is 0 Å². The highest BCUT2D eigenvalue weighted by molar-refractivity contribution is 8.01. The minimum Gasteiger partial charge on any atom is -0.495 e. The molecule has 5 nitrogen and oxygen atoms in total. The van der Waals surface area contributed by atoms with Gasteiger partial charge in [0.05, 0.1) is 18.9 Å². The summed E-state index contributed by atoms with van der Waals surface area (Å²) in [4.78, 5) is 0. The summed E-state index contributed by atoms with van der Waals surface area (Å²) in [5, 5.41) is 12.5. The number of hydrogen-bond acceptors (Lipinski definition) is 7. The van der Waals surface area contributed by atoms with Crippen molar-refractivity contribution in [1.82, 2.24) is 10.2 Å². The maximum Gasteiger partial charge on any atom is 0.210 e. The molecule has 1 aromatic heterocycles. The highest BCUT2D eigenvalue weighted by Crippen LogP contribution is 2.33. The minimum atomic E-state index is 0.353. The van der Waals surface area contributed by atoms with Gasteiger partial charge in [-0.2, -0.15) is 0 Å². The Hall–Kier alpha value is -1.31. The number of benzene rings is 1. The van der Waals surface area contributed by atoms with E-state index in [1.807, 2.05) is 18.2 Å².